The van der Waals surface area contributed by atoms with Crippen LogP contribution in [0.4, 0.5) is 0 Å². The van der Waals surface area contributed by atoms with Crippen LogP contribution in [0.3, 0.4) is 0 Å². The van der Waals surface area contributed by atoms with Crippen LogP contribution in [-0.4, -0.2) is 36.9 Å². The fraction of sp³-hybridized carbons (Fsp3) is 0.474. The summed E-state index contributed by atoms with van der Waals surface area (Å²) in [5.41, 5.74) is 0.943. The van der Waals surface area contributed by atoms with E-state index in [1.54, 1.807) is 7.11 Å². The quantitative estimate of drug-likeness (QED) is 0.780. The number of carbonyl (C=O) groups excluding carboxylic acids is 2. The van der Waals surface area contributed by atoms with E-state index in [2.05, 4.69) is 18.2 Å². The summed E-state index contributed by atoms with van der Waals surface area (Å²) in [4.78, 5) is 26.7. The first kappa shape index (κ1) is 17.9. The maximum atomic E-state index is 12.5. The molecular formula is C19H24N2O3. The first-order valence-corrected chi connectivity index (χ1v) is 8.27. The van der Waals surface area contributed by atoms with Crippen molar-refractivity contribution in [2.24, 2.45) is 5.92 Å². The Morgan fingerprint density at radius 2 is 2.12 bits per heavy atom. The molecule has 1 aliphatic heterocycles. The number of likely N-dealkylation sites (tertiary alicyclic amines) is 1. The van der Waals surface area contributed by atoms with Gasteiger partial charge >= 0.3 is 0 Å². The molecule has 1 aromatic rings. The molecular weight excluding hydrogens is 304 g/mol. The fourth-order valence-electron chi connectivity index (χ4n) is 3.10. The number of unbranched alkanes of at least 4 members (excludes halogenated alkanes) is 1. The molecule has 128 valence electrons. The van der Waals surface area contributed by atoms with Crippen LogP contribution in [0.2, 0.25) is 0 Å². The number of benzene rings is 1. The molecule has 1 aliphatic rings. The summed E-state index contributed by atoms with van der Waals surface area (Å²) in [6, 6.07) is 7.29. The third-order valence-electron chi connectivity index (χ3n) is 4.34. The highest BCUT2D eigenvalue weighted by molar-refractivity contribution is 5.90. The minimum Gasteiger partial charge on any atom is -0.497 e. The van der Waals surface area contributed by atoms with Crippen molar-refractivity contribution in [2.75, 3.05) is 20.2 Å². The highest BCUT2D eigenvalue weighted by Gasteiger charge is 2.43. The van der Waals surface area contributed by atoms with Crippen molar-refractivity contribution < 1.29 is 14.3 Å². The second kappa shape index (κ2) is 8.39. The topological polar surface area (TPSA) is 58.6 Å². The summed E-state index contributed by atoms with van der Waals surface area (Å²) in [5.74, 6) is 2.58. The van der Waals surface area contributed by atoms with Crippen LogP contribution in [0.15, 0.2) is 24.3 Å². The lowest BCUT2D eigenvalue weighted by atomic mass is 9.92. The minimum atomic E-state index is -0.420. The zero-order valence-corrected chi connectivity index (χ0v) is 14.2. The van der Waals surface area contributed by atoms with Crippen LogP contribution in [0, 0.1) is 18.3 Å². The second-order valence-electron chi connectivity index (χ2n) is 5.89. The highest BCUT2D eigenvalue weighted by Crippen LogP contribution is 2.39. The van der Waals surface area contributed by atoms with Gasteiger partial charge in [-0.2, -0.15) is 0 Å². The van der Waals surface area contributed by atoms with E-state index in [0.29, 0.717) is 6.54 Å². The van der Waals surface area contributed by atoms with Gasteiger partial charge in [0.25, 0.3) is 0 Å². The van der Waals surface area contributed by atoms with Gasteiger partial charge < -0.3 is 15.0 Å². The van der Waals surface area contributed by atoms with Crippen molar-refractivity contribution in [2.45, 2.75) is 32.2 Å². The van der Waals surface area contributed by atoms with Gasteiger partial charge in [0.1, 0.15) is 5.75 Å². The molecule has 1 saturated heterocycles. The molecule has 2 rings (SSSR count). The molecule has 1 N–H and O–H groups in total. The first-order valence-electron chi connectivity index (χ1n) is 8.27. The van der Waals surface area contributed by atoms with Gasteiger partial charge in [0, 0.05) is 13.0 Å². The predicted molar refractivity (Wildman–Crippen MR) is 92.3 cm³/mol. The predicted octanol–water partition coefficient (Wildman–Crippen LogP) is 2.13. The minimum absolute atomic E-state index is 0.0186. The summed E-state index contributed by atoms with van der Waals surface area (Å²) < 4.78 is 5.19. The Bertz CT molecular complexity index is 618. The molecule has 1 heterocycles. The molecule has 1 fully saturated rings. The smallest absolute Gasteiger partial charge is 0.226 e. The Kier molecular flexibility index (Phi) is 6.25. The van der Waals surface area contributed by atoms with Crippen molar-refractivity contribution in [1.82, 2.24) is 10.2 Å². The van der Waals surface area contributed by atoms with Gasteiger partial charge in [0.2, 0.25) is 11.8 Å². The van der Waals surface area contributed by atoms with Gasteiger partial charge in [0.05, 0.1) is 25.6 Å². The van der Waals surface area contributed by atoms with Crippen LogP contribution in [0.25, 0.3) is 0 Å². The molecule has 5 heteroatoms. The van der Waals surface area contributed by atoms with E-state index in [1.165, 1.54) is 0 Å². The molecule has 0 spiro atoms. The van der Waals surface area contributed by atoms with E-state index in [4.69, 9.17) is 11.2 Å². The van der Waals surface area contributed by atoms with Crippen LogP contribution in [0.5, 0.6) is 5.75 Å². The van der Waals surface area contributed by atoms with E-state index in [0.717, 1.165) is 24.2 Å². The number of methoxy groups -OCH3 is 1. The zero-order valence-electron chi connectivity index (χ0n) is 14.2. The van der Waals surface area contributed by atoms with Gasteiger partial charge in [0.15, 0.2) is 0 Å². The maximum absolute atomic E-state index is 12.5. The Labute approximate surface area is 143 Å². The molecule has 0 radical (unpaired) electrons. The summed E-state index contributed by atoms with van der Waals surface area (Å²) in [7, 11) is 1.61. The number of rotatable bonds is 7. The number of terminal acetylenes is 1. The highest BCUT2D eigenvalue weighted by atomic mass is 16.5. The Hall–Kier alpha value is -2.48. The summed E-state index contributed by atoms with van der Waals surface area (Å²) in [6.45, 7) is 2.92. The summed E-state index contributed by atoms with van der Waals surface area (Å²) in [6.07, 6.45) is 7.34. The molecule has 0 bridgehead atoms. The normalized spacial score (nSPS) is 19.9. The Morgan fingerprint density at radius 1 is 1.42 bits per heavy atom. The average molecular weight is 328 g/mol. The fourth-order valence-corrected chi connectivity index (χ4v) is 3.10. The first-order chi connectivity index (χ1) is 11.6. The third kappa shape index (κ3) is 3.88. The summed E-state index contributed by atoms with van der Waals surface area (Å²) in [5, 5.41) is 2.72. The molecule has 2 amide bonds. The monoisotopic (exact) mass is 328 g/mol. The molecule has 0 unspecified atom stereocenters. The standard InChI is InChI=1S/C19H24N2O3/c1-4-6-12-21-17(22)13-16(19(23)20-11-5-2)18(21)14-7-9-15(24-3)10-8-14/h2,7-10,16,18H,4,6,11-13H2,1,3H3,(H,20,23)/t16-,18+/m0/s1. The number of carbonyl (C=O) groups is 2. The van der Waals surface area contributed by atoms with Crippen LogP contribution >= 0.6 is 0 Å². The number of amides is 2. The Balaban J connectivity index is 2.29. The molecule has 24 heavy (non-hydrogen) atoms. The van der Waals surface area contributed by atoms with Crippen molar-refractivity contribution >= 4 is 11.8 Å². The van der Waals surface area contributed by atoms with E-state index < -0.39 is 5.92 Å². The maximum Gasteiger partial charge on any atom is 0.226 e. The van der Waals surface area contributed by atoms with E-state index in [9.17, 15) is 9.59 Å². The molecule has 2 atom stereocenters. The van der Waals surface area contributed by atoms with E-state index >= 15 is 0 Å². The Morgan fingerprint density at radius 3 is 2.71 bits per heavy atom. The molecule has 0 aliphatic carbocycles. The molecule has 1 aromatic carbocycles. The van der Waals surface area contributed by atoms with Crippen LogP contribution < -0.4 is 10.1 Å². The lowest BCUT2D eigenvalue weighted by molar-refractivity contribution is -0.129. The van der Waals surface area contributed by atoms with Gasteiger partial charge in [-0.25, -0.2) is 0 Å². The molecule has 5 nitrogen and oxygen atoms in total. The lowest BCUT2D eigenvalue weighted by Gasteiger charge is -2.28. The average Bonchev–Trinajstić information content (AvgIpc) is 2.94. The second-order valence-corrected chi connectivity index (χ2v) is 5.89. The van der Waals surface area contributed by atoms with Crippen molar-refractivity contribution in [3.63, 3.8) is 0 Å². The van der Waals surface area contributed by atoms with Gasteiger partial charge in [-0.1, -0.05) is 31.4 Å². The van der Waals surface area contributed by atoms with Crippen LogP contribution in [-0.2, 0) is 9.59 Å². The van der Waals surface area contributed by atoms with Crippen molar-refractivity contribution in [3.8, 4) is 18.1 Å². The van der Waals surface area contributed by atoms with Gasteiger partial charge in [-0.15, -0.1) is 6.42 Å². The zero-order chi connectivity index (χ0) is 17.5. The number of ether oxygens (including phenoxy) is 1. The largest absolute Gasteiger partial charge is 0.497 e. The number of hydrogen-bond acceptors (Lipinski definition) is 3. The van der Waals surface area contributed by atoms with Crippen molar-refractivity contribution in [3.05, 3.63) is 29.8 Å². The van der Waals surface area contributed by atoms with Gasteiger partial charge in [-0.3, -0.25) is 9.59 Å². The number of nitrogens with one attached hydrogen (secondary N) is 1. The number of nitrogens with zero attached hydrogens (tertiary/aromatic N) is 1. The van der Waals surface area contributed by atoms with Crippen molar-refractivity contribution in [1.29, 1.82) is 0 Å². The van der Waals surface area contributed by atoms with Crippen LogP contribution in [0.1, 0.15) is 37.8 Å². The molecule has 0 aromatic heterocycles. The SMILES string of the molecule is C#CCNC(=O)[C@H]1CC(=O)N(CCCC)[C@@H]1c1ccc(OC)cc1. The number of hydrogen-bond donors (Lipinski definition) is 1. The molecule has 0 saturated carbocycles. The van der Waals surface area contributed by atoms with Gasteiger partial charge in [-0.05, 0) is 24.1 Å². The van der Waals surface area contributed by atoms with E-state index in [1.807, 2.05) is 29.2 Å². The third-order valence-corrected chi connectivity index (χ3v) is 4.34. The lowest BCUT2D eigenvalue weighted by Crippen LogP contribution is -2.36. The summed E-state index contributed by atoms with van der Waals surface area (Å²) >= 11 is 0. The van der Waals surface area contributed by atoms with E-state index in [-0.39, 0.29) is 30.8 Å².